The second-order valence-corrected chi connectivity index (χ2v) is 6.64. The van der Waals surface area contributed by atoms with Crippen LogP contribution >= 0.6 is 0 Å². The van der Waals surface area contributed by atoms with Gasteiger partial charge in [-0.25, -0.2) is 0 Å². The number of rotatable bonds is 8. The van der Waals surface area contributed by atoms with Crippen LogP contribution in [0.2, 0.25) is 0 Å². The molecule has 0 aliphatic heterocycles. The number of nitrogens with one attached hydrogen (secondary N) is 1. The summed E-state index contributed by atoms with van der Waals surface area (Å²) in [5, 5.41) is 3.02. The Morgan fingerprint density at radius 1 is 1.25 bits per heavy atom. The van der Waals surface area contributed by atoms with Crippen LogP contribution in [0.25, 0.3) is 0 Å². The largest absolute Gasteiger partial charge is 0.493 e. The summed E-state index contributed by atoms with van der Waals surface area (Å²) < 4.78 is 10.9. The lowest BCUT2D eigenvalue weighted by Crippen LogP contribution is -2.38. The maximum absolute atomic E-state index is 12.3. The first-order chi connectivity index (χ1) is 11.6. The van der Waals surface area contributed by atoms with Crippen molar-refractivity contribution in [1.82, 2.24) is 5.32 Å². The molecule has 0 bridgehead atoms. The first-order valence-corrected chi connectivity index (χ1v) is 8.89. The highest BCUT2D eigenvalue weighted by Gasteiger charge is 2.32. The maximum Gasteiger partial charge on any atom is 0.220 e. The molecular formula is C19H30N2O3. The minimum atomic E-state index is -0.00114. The Morgan fingerprint density at radius 2 is 2.00 bits per heavy atom. The maximum atomic E-state index is 12.3. The summed E-state index contributed by atoms with van der Waals surface area (Å²) in [6, 6.07) is 5.74. The number of hydrogen-bond donors (Lipinski definition) is 2. The van der Waals surface area contributed by atoms with Gasteiger partial charge in [0.1, 0.15) is 0 Å². The standard InChI is InChI=1S/C19H30N2O3/c1-3-24-16-8-7-15(11-17(16)23-2)13-21-18(22)12-19(14-20)9-5-4-6-10-19/h7-8,11H,3-6,9-10,12-14,20H2,1-2H3,(H,21,22). The lowest BCUT2D eigenvalue weighted by molar-refractivity contribution is -0.124. The van der Waals surface area contributed by atoms with Gasteiger partial charge in [-0.2, -0.15) is 0 Å². The summed E-state index contributed by atoms with van der Waals surface area (Å²) in [5.41, 5.74) is 6.96. The highest BCUT2D eigenvalue weighted by atomic mass is 16.5. The van der Waals surface area contributed by atoms with Crippen molar-refractivity contribution in [1.29, 1.82) is 0 Å². The van der Waals surface area contributed by atoms with E-state index in [0.29, 0.717) is 31.9 Å². The van der Waals surface area contributed by atoms with Gasteiger partial charge in [0, 0.05) is 13.0 Å². The summed E-state index contributed by atoms with van der Waals surface area (Å²) in [5.74, 6) is 1.49. The summed E-state index contributed by atoms with van der Waals surface area (Å²) in [7, 11) is 1.62. The van der Waals surface area contributed by atoms with Crippen LogP contribution in [0.1, 0.15) is 51.0 Å². The van der Waals surface area contributed by atoms with Crippen LogP contribution in [0, 0.1) is 5.41 Å². The molecule has 1 aromatic rings. The number of nitrogens with two attached hydrogens (primary N) is 1. The van der Waals surface area contributed by atoms with Gasteiger partial charge in [-0.15, -0.1) is 0 Å². The second-order valence-electron chi connectivity index (χ2n) is 6.64. The van der Waals surface area contributed by atoms with E-state index in [2.05, 4.69) is 5.32 Å². The molecule has 1 aliphatic rings. The number of hydrogen-bond acceptors (Lipinski definition) is 4. The van der Waals surface area contributed by atoms with Crippen LogP contribution < -0.4 is 20.5 Å². The topological polar surface area (TPSA) is 73.6 Å². The monoisotopic (exact) mass is 334 g/mol. The van der Waals surface area contributed by atoms with Crippen molar-refractivity contribution in [2.24, 2.45) is 11.1 Å². The minimum Gasteiger partial charge on any atom is -0.493 e. The van der Waals surface area contributed by atoms with Gasteiger partial charge in [-0.05, 0) is 49.4 Å². The number of benzene rings is 1. The average Bonchev–Trinajstić information content (AvgIpc) is 2.62. The third-order valence-corrected chi connectivity index (χ3v) is 4.90. The van der Waals surface area contributed by atoms with Gasteiger partial charge < -0.3 is 20.5 Å². The van der Waals surface area contributed by atoms with Crippen molar-refractivity contribution < 1.29 is 14.3 Å². The number of ether oxygens (including phenoxy) is 2. The van der Waals surface area contributed by atoms with Crippen molar-refractivity contribution >= 4 is 5.91 Å². The van der Waals surface area contributed by atoms with E-state index in [1.165, 1.54) is 19.3 Å². The van der Waals surface area contributed by atoms with Crippen LogP contribution in [0.3, 0.4) is 0 Å². The minimum absolute atomic E-state index is 0.00114. The molecule has 2 rings (SSSR count). The van der Waals surface area contributed by atoms with Crippen LogP contribution in [0.4, 0.5) is 0 Å². The number of carbonyl (C=O) groups excluding carboxylic acids is 1. The molecule has 134 valence electrons. The molecule has 24 heavy (non-hydrogen) atoms. The molecule has 5 heteroatoms. The third kappa shape index (κ3) is 4.87. The third-order valence-electron chi connectivity index (χ3n) is 4.90. The Morgan fingerprint density at radius 3 is 2.62 bits per heavy atom. The van der Waals surface area contributed by atoms with Crippen LogP contribution in [-0.4, -0.2) is 26.2 Å². The van der Waals surface area contributed by atoms with E-state index in [1.807, 2.05) is 25.1 Å². The van der Waals surface area contributed by atoms with E-state index in [1.54, 1.807) is 7.11 Å². The summed E-state index contributed by atoms with van der Waals surface area (Å²) >= 11 is 0. The average molecular weight is 334 g/mol. The van der Waals surface area contributed by atoms with Gasteiger partial charge in [-0.3, -0.25) is 4.79 Å². The normalized spacial score (nSPS) is 16.5. The summed E-state index contributed by atoms with van der Waals surface area (Å²) in [6.45, 7) is 3.61. The Hall–Kier alpha value is -1.75. The molecule has 0 heterocycles. The summed E-state index contributed by atoms with van der Waals surface area (Å²) in [6.07, 6.45) is 6.27. The zero-order valence-electron chi connectivity index (χ0n) is 14.9. The van der Waals surface area contributed by atoms with Gasteiger partial charge in [0.2, 0.25) is 5.91 Å². The van der Waals surface area contributed by atoms with Crippen LogP contribution in [0.15, 0.2) is 18.2 Å². The Bertz CT molecular complexity index is 539. The van der Waals surface area contributed by atoms with E-state index in [4.69, 9.17) is 15.2 Å². The van der Waals surface area contributed by atoms with Crippen molar-refractivity contribution in [2.75, 3.05) is 20.3 Å². The van der Waals surface area contributed by atoms with Crippen LogP contribution in [-0.2, 0) is 11.3 Å². The number of methoxy groups -OCH3 is 1. The van der Waals surface area contributed by atoms with Crippen LogP contribution in [0.5, 0.6) is 11.5 Å². The van der Waals surface area contributed by atoms with E-state index >= 15 is 0 Å². The molecule has 3 N–H and O–H groups in total. The van der Waals surface area contributed by atoms with Gasteiger partial charge in [0.05, 0.1) is 13.7 Å². The molecule has 0 atom stereocenters. The first kappa shape index (κ1) is 18.6. The predicted molar refractivity (Wildman–Crippen MR) is 95.2 cm³/mol. The van der Waals surface area contributed by atoms with Gasteiger partial charge >= 0.3 is 0 Å². The van der Waals surface area contributed by atoms with Crippen molar-refractivity contribution in [3.63, 3.8) is 0 Å². The highest BCUT2D eigenvalue weighted by molar-refractivity contribution is 5.76. The fourth-order valence-corrected chi connectivity index (χ4v) is 3.46. The summed E-state index contributed by atoms with van der Waals surface area (Å²) in [4.78, 5) is 12.3. The quantitative estimate of drug-likeness (QED) is 0.766. The molecule has 1 saturated carbocycles. The second kappa shape index (κ2) is 8.92. The van der Waals surface area contributed by atoms with Gasteiger partial charge in [-0.1, -0.05) is 25.3 Å². The number of amides is 1. The predicted octanol–water partition coefficient (Wildman–Crippen LogP) is 3.01. The molecule has 1 amide bonds. The molecule has 0 saturated heterocycles. The van der Waals surface area contributed by atoms with E-state index in [-0.39, 0.29) is 11.3 Å². The lowest BCUT2D eigenvalue weighted by atomic mass is 9.71. The molecule has 0 spiro atoms. The molecule has 5 nitrogen and oxygen atoms in total. The van der Waals surface area contributed by atoms with Crippen molar-refractivity contribution in [3.05, 3.63) is 23.8 Å². The zero-order valence-corrected chi connectivity index (χ0v) is 14.9. The van der Waals surface area contributed by atoms with E-state index < -0.39 is 0 Å². The lowest BCUT2D eigenvalue weighted by Gasteiger charge is -2.35. The Kier molecular flexibility index (Phi) is 6.91. The van der Waals surface area contributed by atoms with E-state index in [9.17, 15) is 4.79 Å². The molecule has 1 aliphatic carbocycles. The molecule has 0 unspecified atom stereocenters. The van der Waals surface area contributed by atoms with E-state index in [0.717, 1.165) is 24.2 Å². The number of carbonyl (C=O) groups is 1. The highest BCUT2D eigenvalue weighted by Crippen LogP contribution is 2.38. The zero-order chi connectivity index (χ0) is 17.4. The van der Waals surface area contributed by atoms with Gasteiger partial charge in [0.15, 0.2) is 11.5 Å². The fourth-order valence-electron chi connectivity index (χ4n) is 3.46. The fraction of sp³-hybridized carbons (Fsp3) is 0.632. The Labute approximate surface area is 144 Å². The van der Waals surface area contributed by atoms with Gasteiger partial charge in [0.25, 0.3) is 0 Å². The SMILES string of the molecule is CCOc1ccc(CNC(=O)CC2(CN)CCCCC2)cc1OC. The molecule has 0 aromatic heterocycles. The smallest absolute Gasteiger partial charge is 0.220 e. The molecular weight excluding hydrogens is 304 g/mol. The Balaban J connectivity index is 1.91. The molecule has 1 fully saturated rings. The van der Waals surface area contributed by atoms with Crippen molar-refractivity contribution in [3.8, 4) is 11.5 Å². The van der Waals surface area contributed by atoms with Crippen molar-refractivity contribution in [2.45, 2.75) is 52.0 Å². The molecule has 1 aromatic carbocycles. The molecule has 0 radical (unpaired) electrons. The first-order valence-electron chi connectivity index (χ1n) is 8.89.